The Morgan fingerprint density at radius 1 is 1.67 bits per heavy atom. The van der Waals surface area contributed by atoms with Gasteiger partial charge in [-0.2, -0.15) is 0 Å². The minimum Gasteiger partial charge on any atom is -0.396 e. The van der Waals surface area contributed by atoms with E-state index in [0.29, 0.717) is 5.92 Å². The maximum atomic E-state index is 8.73. The minimum atomic E-state index is 0.226. The third-order valence-electron chi connectivity index (χ3n) is 2.05. The Balaban J connectivity index is 2.05. The number of tetrazole rings is 1. The van der Waals surface area contributed by atoms with Crippen LogP contribution in [0.25, 0.3) is 0 Å². The molecule has 1 aliphatic heterocycles. The topological polar surface area (TPSA) is 75.9 Å². The van der Waals surface area contributed by atoms with Crippen LogP contribution in [0.5, 0.6) is 0 Å². The van der Waals surface area contributed by atoms with E-state index in [4.69, 9.17) is 5.11 Å². The Bertz CT molecular complexity index is 260. The normalized spacial score (nSPS) is 21.6. The number of aliphatic hydroxyl groups is 1. The summed E-state index contributed by atoms with van der Waals surface area (Å²) in [5, 5.41) is 22.9. The van der Waals surface area contributed by atoms with E-state index in [1.54, 1.807) is 4.68 Å². The molecular weight excluding hydrogens is 158 g/mol. The maximum absolute atomic E-state index is 8.73. The molecule has 1 atom stereocenters. The lowest BCUT2D eigenvalue weighted by Gasteiger charge is -2.21. The molecule has 0 spiro atoms. The van der Waals surface area contributed by atoms with Gasteiger partial charge in [0.1, 0.15) is 0 Å². The molecule has 6 heteroatoms. The Labute approximate surface area is 69.6 Å². The molecule has 1 aliphatic rings. The molecule has 2 rings (SSSR count). The fourth-order valence-corrected chi connectivity index (χ4v) is 1.37. The largest absolute Gasteiger partial charge is 0.396 e. The molecule has 1 aromatic rings. The standard InChI is InChI=1S/C6H11N5O/c12-2-1-5-3-7-6-8-9-10-11(6)4-5/h5,12H,1-4H2,(H,7,8,10). The summed E-state index contributed by atoms with van der Waals surface area (Å²) in [6, 6.07) is 0. The average molecular weight is 169 g/mol. The van der Waals surface area contributed by atoms with Crippen LogP contribution in [0.4, 0.5) is 5.95 Å². The molecule has 12 heavy (non-hydrogen) atoms. The van der Waals surface area contributed by atoms with Crippen LogP contribution in [0.15, 0.2) is 0 Å². The van der Waals surface area contributed by atoms with Crippen LogP contribution in [0.2, 0.25) is 0 Å². The summed E-state index contributed by atoms with van der Waals surface area (Å²) in [7, 11) is 0. The summed E-state index contributed by atoms with van der Waals surface area (Å²) in [4.78, 5) is 0. The van der Waals surface area contributed by atoms with Gasteiger partial charge in [0.25, 0.3) is 0 Å². The number of rotatable bonds is 2. The molecule has 0 saturated heterocycles. The number of fused-ring (bicyclic) bond motifs is 1. The number of aromatic nitrogens is 4. The zero-order valence-corrected chi connectivity index (χ0v) is 6.64. The highest BCUT2D eigenvalue weighted by Crippen LogP contribution is 2.14. The summed E-state index contributed by atoms with van der Waals surface area (Å²) in [6.07, 6.45) is 0.798. The number of anilines is 1. The lowest BCUT2D eigenvalue weighted by atomic mass is 10.1. The van der Waals surface area contributed by atoms with E-state index in [2.05, 4.69) is 20.8 Å². The molecule has 0 fully saturated rings. The fourth-order valence-electron chi connectivity index (χ4n) is 1.37. The van der Waals surface area contributed by atoms with Crippen LogP contribution in [0.1, 0.15) is 6.42 Å². The predicted molar refractivity (Wildman–Crippen MR) is 41.5 cm³/mol. The van der Waals surface area contributed by atoms with Gasteiger partial charge in [0, 0.05) is 13.2 Å². The van der Waals surface area contributed by atoms with Crippen molar-refractivity contribution in [2.24, 2.45) is 5.92 Å². The van der Waals surface area contributed by atoms with Crippen LogP contribution in [0, 0.1) is 5.92 Å². The lowest BCUT2D eigenvalue weighted by Crippen LogP contribution is -2.28. The second-order valence-corrected chi connectivity index (χ2v) is 2.94. The van der Waals surface area contributed by atoms with Gasteiger partial charge in [0.05, 0.1) is 6.54 Å². The van der Waals surface area contributed by atoms with E-state index >= 15 is 0 Å². The van der Waals surface area contributed by atoms with Gasteiger partial charge in [0.15, 0.2) is 0 Å². The second kappa shape index (κ2) is 3.06. The van der Waals surface area contributed by atoms with Crippen LogP contribution in [-0.4, -0.2) is 38.5 Å². The van der Waals surface area contributed by atoms with Gasteiger partial charge in [-0.15, -0.1) is 0 Å². The molecule has 1 unspecified atom stereocenters. The average Bonchev–Trinajstić information content (AvgIpc) is 2.51. The first kappa shape index (κ1) is 7.48. The first-order valence-electron chi connectivity index (χ1n) is 4.01. The van der Waals surface area contributed by atoms with Gasteiger partial charge in [-0.05, 0) is 22.8 Å². The minimum absolute atomic E-state index is 0.226. The number of nitrogens with one attached hydrogen (secondary N) is 1. The molecule has 0 aliphatic carbocycles. The molecule has 1 aromatic heterocycles. The Morgan fingerprint density at radius 2 is 2.58 bits per heavy atom. The van der Waals surface area contributed by atoms with Gasteiger partial charge in [-0.3, -0.25) is 0 Å². The summed E-state index contributed by atoms with van der Waals surface area (Å²) in [6.45, 7) is 1.88. The molecule has 0 aromatic carbocycles. The Hall–Kier alpha value is -1.17. The number of aliphatic hydroxyl groups excluding tert-OH is 1. The number of nitrogens with zero attached hydrogens (tertiary/aromatic N) is 4. The molecule has 2 heterocycles. The molecule has 0 saturated carbocycles. The highest BCUT2D eigenvalue weighted by Gasteiger charge is 2.18. The van der Waals surface area contributed by atoms with E-state index in [-0.39, 0.29) is 6.61 Å². The zero-order chi connectivity index (χ0) is 8.39. The maximum Gasteiger partial charge on any atom is 0.242 e. The molecule has 0 amide bonds. The predicted octanol–water partition coefficient (Wildman–Crippen LogP) is -0.903. The third-order valence-corrected chi connectivity index (χ3v) is 2.05. The monoisotopic (exact) mass is 169 g/mol. The summed E-state index contributed by atoms with van der Waals surface area (Å²) in [5.41, 5.74) is 0. The third kappa shape index (κ3) is 1.25. The number of hydrogen-bond donors (Lipinski definition) is 2. The highest BCUT2D eigenvalue weighted by atomic mass is 16.3. The van der Waals surface area contributed by atoms with E-state index in [1.807, 2.05) is 0 Å². The van der Waals surface area contributed by atoms with Crippen LogP contribution < -0.4 is 5.32 Å². The first-order chi connectivity index (χ1) is 5.90. The van der Waals surface area contributed by atoms with Gasteiger partial charge >= 0.3 is 0 Å². The van der Waals surface area contributed by atoms with Crippen molar-refractivity contribution in [2.75, 3.05) is 18.5 Å². The van der Waals surface area contributed by atoms with E-state index in [0.717, 1.165) is 25.5 Å². The van der Waals surface area contributed by atoms with Crippen LogP contribution in [-0.2, 0) is 6.54 Å². The second-order valence-electron chi connectivity index (χ2n) is 2.94. The molecule has 66 valence electrons. The van der Waals surface area contributed by atoms with Crippen molar-refractivity contribution in [3.63, 3.8) is 0 Å². The van der Waals surface area contributed by atoms with Crippen molar-refractivity contribution < 1.29 is 5.11 Å². The Kier molecular flexibility index (Phi) is 1.91. The lowest BCUT2D eigenvalue weighted by molar-refractivity contribution is 0.244. The van der Waals surface area contributed by atoms with Gasteiger partial charge < -0.3 is 10.4 Å². The quantitative estimate of drug-likeness (QED) is 0.600. The van der Waals surface area contributed by atoms with Crippen molar-refractivity contribution in [3.8, 4) is 0 Å². The summed E-state index contributed by atoms with van der Waals surface area (Å²) >= 11 is 0. The van der Waals surface area contributed by atoms with Gasteiger partial charge in [-0.1, -0.05) is 5.10 Å². The summed E-state index contributed by atoms with van der Waals surface area (Å²) in [5.74, 6) is 1.16. The molecule has 0 bridgehead atoms. The van der Waals surface area contributed by atoms with Crippen molar-refractivity contribution in [3.05, 3.63) is 0 Å². The van der Waals surface area contributed by atoms with E-state index < -0.39 is 0 Å². The van der Waals surface area contributed by atoms with Crippen LogP contribution >= 0.6 is 0 Å². The smallest absolute Gasteiger partial charge is 0.242 e. The SMILES string of the molecule is OCCC1CNc2nnnn2C1. The van der Waals surface area contributed by atoms with Crippen LogP contribution in [0.3, 0.4) is 0 Å². The van der Waals surface area contributed by atoms with E-state index in [9.17, 15) is 0 Å². The van der Waals surface area contributed by atoms with Crippen molar-refractivity contribution >= 4 is 5.95 Å². The van der Waals surface area contributed by atoms with Crippen molar-refractivity contribution in [1.29, 1.82) is 0 Å². The molecule has 2 N–H and O–H groups in total. The number of hydrogen-bond acceptors (Lipinski definition) is 5. The summed E-state index contributed by atoms with van der Waals surface area (Å²) < 4.78 is 1.73. The highest BCUT2D eigenvalue weighted by molar-refractivity contribution is 5.23. The molecular formula is C6H11N5O. The Morgan fingerprint density at radius 3 is 3.42 bits per heavy atom. The van der Waals surface area contributed by atoms with Gasteiger partial charge in [0.2, 0.25) is 5.95 Å². The zero-order valence-electron chi connectivity index (χ0n) is 6.64. The molecule has 6 nitrogen and oxygen atoms in total. The van der Waals surface area contributed by atoms with E-state index in [1.165, 1.54) is 0 Å². The molecule has 0 radical (unpaired) electrons. The van der Waals surface area contributed by atoms with Crippen molar-refractivity contribution in [1.82, 2.24) is 20.2 Å². The fraction of sp³-hybridized carbons (Fsp3) is 0.833. The first-order valence-corrected chi connectivity index (χ1v) is 4.01. The van der Waals surface area contributed by atoms with Gasteiger partial charge in [-0.25, -0.2) is 4.68 Å². The van der Waals surface area contributed by atoms with Crippen molar-refractivity contribution in [2.45, 2.75) is 13.0 Å².